The molecule has 2 aliphatic heterocycles. The first-order valence-corrected chi connectivity index (χ1v) is 10.2. The zero-order valence-corrected chi connectivity index (χ0v) is 17.1. The third-order valence-corrected chi connectivity index (χ3v) is 6.34. The van der Waals surface area contributed by atoms with Gasteiger partial charge in [-0.2, -0.15) is 0 Å². The van der Waals surface area contributed by atoms with Gasteiger partial charge in [-0.15, -0.1) is 0 Å². The number of nitrogens with one attached hydrogen (secondary N) is 1. The minimum atomic E-state index is -2.44. The van der Waals surface area contributed by atoms with E-state index in [2.05, 4.69) is 36.8 Å². The van der Waals surface area contributed by atoms with Gasteiger partial charge in [-0.25, -0.2) is 0 Å². The predicted octanol–water partition coefficient (Wildman–Crippen LogP) is -5.29. The molecule has 1 fully saturated rings. The number of amides is 1. The van der Waals surface area contributed by atoms with Gasteiger partial charge in [0.1, 0.15) is 24.1 Å². The summed E-state index contributed by atoms with van der Waals surface area (Å²) in [6.07, 6.45) is 0.224. The maximum absolute atomic E-state index is 11.3. The van der Waals surface area contributed by atoms with Gasteiger partial charge in [0.2, 0.25) is 5.91 Å². The van der Waals surface area contributed by atoms with Crippen molar-refractivity contribution in [2.75, 3.05) is 13.6 Å². The monoisotopic (exact) mass is 433 g/mol. The van der Waals surface area contributed by atoms with Gasteiger partial charge in [-0.3, -0.25) is 10.1 Å². The number of rotatable bonds is 5. The van der Waals surface area contributed by atoms with E-state index < -0.39 is 24.1 Å². The number of likely N-dealkylation sites (tertiary alicyclic amines) is 1. The summed E-state index contributed by atoms with van der Waals surface area (Å²) in [5.41, 5.74) is 11.3. The molecule has 1 unspecified atom stereocenters. The molecule has 168 valence electrons. The van der Waals surface area contributed by atoms with Gasteiger partial charge < -0.3 is 40.6 Å². The van der Waals surface area contributed by atoms with E-state index in [1.807, 2.05) is 0 Å². The van der Waals surface area contributed by atoms with E-state index in [1.54, 1.807) is 4.90 Å². The van der Waals surface area contributed by atoms with Crippen molar-refractivity contribution in [3.8, 4) is 0 Å². The normalized spacial score (nSPS) is 27.5. The van der Waals surface area contributed by atoms with Gasteiger partial charge in [0, 0.05) is 41.9 Å². The number of nitrogens with two attached hydrogens (primary N) is 2. The van der Waals surface area contributed by atoms with Crippen molar-refractivity contribution in [3.63, 3.8) is 0 Å². The molecule has 1 aromatic carbocycles. The molecular formula is C21H27N3O7. The molecule has 0 aromatic heterocycles. The van der Waals surface area contributed by atoms with Crippen molar-refractivity contribution >= 4 is 29.1 Å². The van der Waals surface area contributed by atoms with Crippen LogP contribution in [-0.4, -0.2) is 59.9 Å². The summed E-state index contributed by atoms with van der Waals surface area (Å²) in [7, 11) is 2.28. The molecule has 0 saturated carbocycles. The Labute approximate surface area is 179 Å². The standard InChI is InChI=1S/C17H21N3O.C4H6O6/c1-20-9-10(6-16(18)21)5-13-12-3-2-4-14-17(12)11(8-19-14)7-15(13)20;5-1(3(7)8)2(6)4(9)10/h2-4,8,10,13,15,19H,5-7,9H2,1H3,(H2,18,21);1-2,5-6H,(H,7,8)(H,9,10)/t10-,13+,15+;1-,2-/m01/s1. The van der Waals surface area contributed by atoms with Gasteiger partial charge in [0.05, 0.1) is 31.6 Å². The SMILES string of the molecule is C[NH+]1C[C@H](CC(N)=O)C[C@@H]2c3cccc4c3C(=C[NH2+]4)C[C@H]21.O=C([O-])[C@H](O)[C@@H](O)C(=O)[O-]. The molecule has 0 spiro atoms. The minimum Gasteiger partial charge on any atom is -0.547 e. The summed E-state index contributed by atoms with van der Waals surface area (Å²) < 4.78 is 0. The van der Waals surface area contributed by atoms with Crippen LogP contribution in [0.3, 0.4) is 0 Å². The number of aliphatic carboxylic acids is 2. The third kappa shape index (κ3) is 4.77. The van der Waals surface area contributed by atoms with Crippen LogP contribution >= 0.6 is 0 Å². The number of primary amides is 1. The highest BCUT2D eigenvalue weighted by Gasteiger charge is 2.45. The molecule has 1 saturated heterocycles. The lowest BCUT2D eigenvalue weighted by Crippen LogP contribution is -3.15. The Bertz CT molecular complexity index is 898. The highest BCUT2D eigenvalue weighted by Crippen LogP contribution is 2.45. The molecule has 6 atom stereocenters. The number of hydrogen-bond donors (Lipinski definition) is 5. The first-order chi connectivity index (χ1) is 14.6. The van der Waals surface area contributed by atoms with Gasteiger partial charge in [-0.1, -0.05) is 12.1 Å². The Morgan fingerprint density at radius 1 is 1.23 bits per heavy atom. The molecular weight excluding hydrogens is 406 g/mol. The van der Waals surface area contributed by atoms with Crippen LogP contribution in [0.4, 0.5) is 5.69 Å². The van der Waals surface area contributed by atoms with E-state index in [4.69, 9.17) is 15.9 Å². The van der Waals surface area contributed by atoms with E-state index in [0.717, 1.165) is 13.0 Å². The lowest BCUT2D eigenvalue weighted by Gasteiger charge is -2.43. The third-order valence-electron chi connectivity index (χ3n) is 6.34. The number of carboxylic acids is 2. The van der Waals surface area contributed by atoms with Crippen LogP contribution in [0.5, 0.6) is 0 Å². The fourth-order valence-corrected chi connectivity index (χ4v) is 5.00. The lowest BCUT2D eigenvalue weighted by molar-refractivity contribution is -0.916. The number of carbonyl (C=O) groups excluding carboxylic acids is 3. The number of likely N-dealkylation sites (N-methyl/N-ethyl adjacent to an activating group) is 1. The predicted molar refractivity (Wildman–Crippen MR) is 103 cm³/mol. The molecule has 0 bridgehead atoms. The van der Waals surface area contributed by atoms with Crippen LogP contribution in [0, 0.1) is 5.92 Å². The highest BCUT2D eigenvalue weighted by molar-refractivity contribution is 5.81. The van der Waals surface area contributed by atoms with Crippen LogP contribution in [0.1, 0.15) is 36.3 Å². The summed E-state index contributed by atoms with van der Waals surface area (Å²) in [5, 5.41) is 38.0. The van der Waals surface area contributed by atoms with Crippen LogP contribution in [0.2, 0.25) is 0 Å². The summed E-state index contributed by atoms with van der Waals surface area (Å²) in [6, 6.07) is 7.33. The van der Waals surface area contributed by atoms with Crippen LogP contribution in [0.25, 0.3) is 5.57 Å². The van der Waals surface area contributed by atoms with Gasteiger partial charge >= 0.3 is 0 Å². The second kappa shape index (κ2) is 9.15. The van der Waals surface area contributed by atoms with Crippen molar-refractivity contribution < 1.29 is 45.0 Å². The minimum absolute atomic E-state index is 0.158. The first kappa shape index (κ1) is 22.9. The molecule has 4 rings (SSSR count). The number of benzene rings is 1. The van der Waals surface area contributed by atoms with Gasteiger partial charge in [0.15, 0.2) is 0 Å². The molecule has 10 heteroatoms. The Kier molecular flexibility index (Phi) is 6.75. The lowest BCUT2D eigenvalue weighted by atomic mass is 9.70. The largest absolute Gasteiger partial charge is 0.547 e. The van der Waals surface area contributed by atoms with Crippen molar-refractivity contribution in [1.29, 1.82) is 0 Å². The molecule has 0 radical (unpaired) electrons. The van der Waals surface area contributed by atoms with Gasteiger partial charge in [-0.05, 0) is 12.0 Å². The average molecular weight is 433 g/mol. The number of fused-ring (bicyclic) bond motifs is 2. The van der Waals surface area contributed by atoms with Crippen molar-refractivity contribution in [3.05, 3.63) is 35.5 Å². The van der Waals surface area contributed by atoms with E-state index in [0.29, 0.717) is 24.3 Å². The summed E-state index contributed by atoms with van der Waals surface area (Å²) in [5.74, 6) is -3.28. The molecule has 31 heavy (non-hydrogen) atoms. The average Bonchev–Trinajstić information content (AvgIpc) is 3.12. The molecule has 7 N–H and O–H groups in total. The number of aliphatic hydroxyl groups is 2. The Hall–Kier alpha value is -2.79. The van der Waals surface area contributed by atoms with E-state index >= 15 is 0 Å². The Morgan fingerprint density at radius 2 is 1.87 bits per heavy atom. The molecule has 10 nitrogen and oxygen atoms in total. The summed E-state index contributed by atoms with van der Waals surface area (Å²) >= 11 is 0. The fourth-order valence-electron chi connectivity index (χ4n) is 5.00. The second-order valence-electron chi connectivity index (χ2n) is 8.44. The number of aliphatic hydroxyl groups excluding tert-OH is 2. The van der Waals surface area contributed by atoms with Gasteiger partial charge in [0.25, 0.3) is 0 Å². The number of quaternary nitrogens is 2. The molecule has 2 heterocycles. The summed E-state index contributed by atoms with van der Waals surface area (Å²) in [6.45, 7) is 1.07. The Balaban J connectivity index is 0.000000233. The maximum atomic E-state index is 11.3. The number of carbonyl (C=O) groups is 3. The zero-order valence-electron chi connectivity index (χ0n) is 17.1. The van der Waals surface area contributed by atoms with E-state index in [-0.39, 0.29) is 5.91 Å². The molecule has 1 aromatic rings. The first-order valence-electron chi connectivity index (χ1n) is 10.2. The van der Waals surface area contributed by atoms with E-state index in [9.17, 15) is 24.6 Å². The fraction of sp³-hybridized carbons (Fsp3) is 0.476. The topological polar surface area (TPSA) is 185 Å². The highest BCUT2D eigenvalue weighted by atomic mass is 16.4. The quantitative estimate of drug-likeness (QED) is 0.287. The van der Waals surface area contributed by atoms with Crippen LogP contribution in [-0.2, 0) is 14.4 Å². The zero-order chi connectivity index (χ0) is 22.9. The van der Waals surface area contributed by atoms with Crippen LogP contribution in [0.15, 0.2) is 24.4 Å². The maximum Gasteiger partial charge on any atom is 0.217 e. The molecule has 3 aliphatic rings. The van der Waals surface area contributed by atoms with Crippen molar-refractivity contribution in [2.45, 2.75) is 43.4 Å². The Morgan fingerprint density at radius 3 is 2.45 bits per heavy atom. The van der Waals surface area contributed by atoms with Crippen LogP contribution < -0.4 is 26.2 Å². The molecule has 1 amide bonds. The number of hydrogen-bond acceptors (Lipinski definition) is 7. The van der Waals surface area contributed by atoms with E-state index in [1.165, 1.54) is 28.8 Å². The number of piperidine rings is 1. The smallest absolute Gasteiger partial charge is 0.217 e. The molecule has 1 aliphatic carbocycles. The number of carboxylic acid groups (broad SMARTS) is 2. The summed E-state index contributed by atoms with van der Waals surface area (Å²) in [4.78, 5) is 32.1. The van der Waals surface area contributed by atoms with Crippen molar-refractivity contribution in [1.82, 2.24) is 0 Å². The second-order valence-corrected chi connectivity index (χ2v) is 8.44. The van der Waals surface area contributed by atoms with Crippen molar-refractivity contribution in [2.24, 2.45) is 11.7 Å².